The molecule has 2 aromatic carbocycles. The Morgan fingerprint density at radius 2 is 1.91 bits per heavy atom. The highest BCUT2D eigenvalue weighted by Gasteiger charge is 2.38. The SMILES string of the molecule is CCS(=O)(=O)N[C@H]1CC[C@H](NCc2cc(-n3cnnn3)ccc2OC)[C@@H]1c1ccc(F)cc1. The van der Waals surface area contributed by atoms with Gasteiger partial charge < -0.3 is 10.1 Å². The topological polar surface area (TPSA) is 111 Å². The van der Waals surface area contributed by atoms with Gasteiger partial charge in [-0.2, -0.15) is 0 Å². The van der Waals surface area contributed by atoms with Crippen molar-refractivity contribution in [1.29, 1.82) is 0 Å². The lowest BCUT2D eigenvalue weighted by Gasteiger charge is -2.27. The van der Waals surface area contributed by atoms with E-state index in [1.807, 2.05) is 18.2 Å². The summed E-state index contributed by atoms with van der Waals surface area (Å²) in [6.07, 6.45) is 2.97. The van der Waals surface area contributed by atoms with Crippen molar-refractivity contribution < 1.29 is 17.5 Å². The minimum Gasteiger partial charge on any atom is -0.496 e. The number of rotatable bonds is 9. The normalized spacial score (nSPS) is 20.8. The Morgan fingerprint density at radius 3 is 2.58 bits per heavy atom. The predicted octanol–water partition coefficient (Wildman–Crippen LogP) is 2.15. The first kappa shape index (κ1) is 23.3. The third-order valence-corrected chi connectivity index (χ3v) is 7.48. The quantitative estimate of drug-likeness (QED) is 0.489. The third kappa shape index (κ3) is 5.37. The zero-order chi connectivity index (χ0) is 23.4. The smallest absolute Gasteiger partial charge is 0.211 e. The molecule has 11 heteroatoms. The van der Waals surface area contributed by atoms with E-state index in [1.165, 1.54) is 18.5 Å². The number of hydrogen-bond donors (Lipinski definition) is 2. The van der Waals surface area contributed by atoms with Gasteiger partial charge in [0.2, 0.25) is 10.0 Å². The summed E-state index contributed by atoms with van der Waals surface area (Å²) in [6, 6.07) is 11.7. The van der Waals surface area contributed by atoms with Gasteiger partial charge in [-0.25, -0.2) is 22.2 Å². The van der Waals surface area contributed by atoms with Gasteiger partial charge in [-0.3, -0.25) is 0 Å². The first-order valence-electron chi connectivity index (χ1n) is 10.8. The minimum atomic E-state index is -3.38. The molecule has 0 unspecified atom stereocenters. The highest BCUT2D eigenvalue weighted by atomic mass is 32.2. The van der Waals surface area contributed by atoms with Crippen molar-refractivity contribution >= 4 is 10.0 Å². The number of tetrazole rings is 1. The molecule has 1 heterocycles. The summed E-state index contributed by atoms with van der Waals surface area (Å²) in [4.78, 5) is 0. The number of hydrogen-bond acceptors (Lipinski definition) is 7. The summed E-state index contributed by atoms with van der Waals surface area (Å²) in [6.45, 7) is 2.11. The van der Waals surface area contributed by atoms with Crippen LogP contribution in [0.25, 0.3) is 5.69 Å². The van der Waals surface area contributed by atoms with Crippen molar-refractivity contribution in [3.8, 4) is 11.4 Å². The van der Waals surface area contributed by atoms with Crippen LogP contribution in [0.2, 0.25) is 0 Å². The molecule has 1 saturated carbocycles. The summed E-state index contributed by atoms with van der Waals surface area (Å²) in [7, 11) is -1.76. The Morgan fingerprint density at radius 1 is 1.15 bits per heavy atom. The standard InChI is InChI=1S/C22H27FN6O3S/c1-3-33(30,31)26-20-10-9-19(22(20)15-4-6-17(23)7-5-15)24-13-16-12-18(8-11-21(16)32-2)29-14-25-27-28-29/h4-8,11-12,14,19-20,22,24,26H,3,9-10,13H2,1-2H3/t19-,20-,22-/m0/s1. The lowest BCUT2D eigenvalue weighted by Crippen LogP contribution is -2.42. The molecular formula is C22H27FN6O3S. The molecule has 33 heavy (non-hydrogen) atoms. The van der Waals surface area contributed by atoms with Crippen LogP contribution < -0.4 is 14.8 Å². The molecule has 0 saturated heterocycles. The molecule has 0 spiro atoms. The molecule has 3 aromatic rings. The molecular weight excluding hydrogens is 447 g/mol. The molecule has 0 aliphatic heterocycles. The van der Waals surface area contributed by atoms with Gasteiger partial charge in [0.05, 0.1) is 18.6 Å². The van der Waals surface area contributed by atoms with Gasteiger partial charge in [-0.1, -0.05) is 12.1 Å². The summed E-state index contributed by atoms with van der Waals surface area (Å²) >= 11 is 0. The number of methoxy groups -OCH3 is 1. The molecule has 3 atom stereocenters. The Kier molecular flexibility index (Phi) is 7.01. The van der Waals surface area contributed by atoms with Crippen molar-refractivity contribution in [3.63, 3.8) is 0 Å². The van der Waals surface area contributed by atoms with Crippen molar-refractivity contribution in [2.45, 2.75) is 44.3 Å². The number of aromatic nitrogens is 4. The minimum absolute atomic E-state index is 0.0126. The highest BCUT2D eigenvalue weighted by Crippen LogP contribution is 2.36. The second-order valence-electron chi connectivity index (χ2n) is 8.02. The fourth-order valence-electron chi connectivity index (χ4n) is 4.39. The number of ether oxygens (including phenoxy) is 1. The van der Waals surface area contributed by atoms with Gasteiger partial charge in [-0.05, 0) is 66.1 Å². The molecule has 1 fully saturated rings. The lowest BCUT2D eigenvalue weighted by molar-refractivity contribution is 0.400. The average molecular weight is 475 g/mol. The fourth-order valence-corrected chi connectivity index (χ4v) is 5.28. The van der Waals surface area contributed by atoms with E-state index in [0.717, 1.165) is 29.0 Å². The van der Waals surface area contributed by atoms with Crippen LogP contribution in [0.3, 0.4) is 0 Å². The van der Waals surface area contributed by atoms with Crippen LogP contribution in [0.1, 0.15) is 36.8 Å². The van der Waals surface area contributed by atoms with E-state index in [2.05, 4.69) is 25.6 Å². The van der Waals surface area contributed by atoms with E-state index in [4.69, 9.17) is 4.74 Å². The number of benzene rings is 2. The average Bonchev–Trinajstić information content (AvgIpc) is 3.48. The van der Waals surface area contributed by atoms with Crippen molar-refractivity contribution in [2.24, 2.45) is 0 Å². The molecule has 0 radical (unpaired) electrons. The molecule has 1 aromatic heterocycles. The largest absolute Gasteiger partial charge is 0.496 e. The Bertz CT molecular complexity index is 1170. The first-order valence-corrected chi connectivity index (χ1v) is 12.4. The van der Waals surface area contributed by atoms with Crippen LogP contribution >= 0.6 is 0 Å². The maximum atomic E-state index is 13.5. The van der Waals surface area contributed by atoms with Gasteiger partial charge in [0.25, 0.3) is 0 Å². The van der Waals surface area contributed by atoms with Crippen molar-refractivity contribution in [3.05, 3.63) is 65.7 Å². The van der Waals surface area contributed by atoms with Crippen LogP contribution in [-0.2, 0) is 16.6 Å². The van der Waals surface area contributed by atoms with Gasteiger partial charge in [0.1, 0.15) is 17.9 Å². The molecule has 4 rings (SSSR count). The molecule has 176 valence electrons. The van der Waals surface area contributed by atoms with E-state index >= 15 is 0 Å². The Hall–Kier alpha value is -2.89. The van der Waals surface area contributed by atoms with Crippen molar-refractivity contribution in [2.75, 3.05) is 12.9 Å². The van der Waals surface area contributed by atoms with Crippen LogP contribution in [0.5, 0.6) is 5.75 Å². The zero-order valence-electron chi connectivity index (χ0n) is 18.5. The van der Waals surface area contributed by atoms with Crippen molar-refractivity contribution in [1.82, 2.24) is 30.2 Å². The third-order valence-electron chi connectivity index (χ3n) is 6.05. The number of halogens is 1. The van der Waals surface area contributed by atoms with Crippen LogP contribution in [-0.4, -0.2) is 53.6 Å². The maximum Gasteiger partial charge on any atom is 0.211 e. The maximum absolute atomic E-state index is 13.5. The molecule has 2 N–H and O–H groups in total. The predicted molar refractivity (Wildman–Crippen MR) is 121 cm³/mol. The van der Waals surface area contributed by atoms with Crippen LogP contribution in [0, 0.1) is 5.82 Å². The number of nitrogens with one attached hydrogen (secondary N) is 2. The second-order valence-corrected chi connectivity index (χ2v) is 10.1. The van der Waals surface area contributed by atoms with Crippen LogP contribution in [0.15, 0.2) is 48.8 Å². The van der Waals surface area contributed by atoms with E-state index in [-0.39, 0.29) is 29.6 Å². The molecule has 9 nitrogen and oxygen atoms in total. The lowest BCUT2D eigenvalue weighted by atomic mass is 9.91. The number of nitrogens with zero attached hydrogens (tertiary/aromatic N) is 4. The van der Waals surface area contributed by atoms with Gasteiger partial charge in [-0.15, -0.1) is 5.10 Å². The van der Waals surface area contributed by atoms with E-state index < -0.39 is 10.0 Å². The Balaban J connectivity index is 1.57. The first-order chi connectivity index (χ1) is 15.9. The highest BCUT2D eigenvalue weighted by molar-refractivity contribution is 7.89. The molecule has 0 bridgehead atoms. The summed E-state index contributed by atoms with van der Waals surface area (Å²) < 4.78 is 48.0. The molecule has 1 aliphatic rings. The molecule has 1 aliphatic carbocycles. The zero-order valence-corrected chi connectivity index (χ0v) is 19.3. The molecule has 0 amide bonds. The summed E-state index contributed by atoms with van der Waals surface area (Å²) in [5, 5.41) is 14.9. The second kappa shape index (κ2) is 9.94. The van der Waals surface area contributed by atoms with Gasteiger partial charge >= 0.3 is 0 Å². The van der Waals surface area contributed by atoms with E-state index in [0.29, 0.717) is 13.0 Å². The fraction of sp³-hybridized carbons (Fsp3) is 0.409. The van der Waals surface area contributed by atoms with Gasteiger partial charge in [0.15, 0.2) is 0 Å². The monoisotopic (exact) mass is 474 g/mol. The summed E-state index contributed by atoms with van der Waals surface area (Å²) in [5.74, 6) is 0.273. The summed E-state index contributed by atoms with van der Waals surface area (Å²) in [5.41, 5.74) is 2.61. The van der Waals surface area contributed by atoms with Gasteiger partial charge in [0, 0.05) is 30.1 Å². The Labute approximate surface area is 192 Å². The number of sulfonamides is 1. The van der Waals surface area contributed by atoms with E-state index in [1.54, 1.807) is 30.8 Å². The van der Waals surface area contributed by atoms with Crippen LogP contribution in [0.4, 0.5) is 4.39 Å². The van der Waals surface area contributed by atoms with E-state index in [9.17, 15) is 12.8 Å².